The number of nitrogens with two attached hydrogens (primary N) is 1. The van der Waals surface area contributed by atoms with E-state index >= 15 is 0 Å². The Morgan fingerprint density at radius 1 is 0.968 bits per heavy atom. The van der Waals surface area contributed by atoms with Crippen LogP contribution in [-0.4, -0.2) is 29.6 Å². The van der Waals surface area contributed by atoms with Crippen molar-refractivity contribution in [1.29, 1.82) is 0 Å². The maximum atomic E-state index is 13.0. The van der Waals surface area contributed by atoms with Crippen molar-refractivity contribution in [3.63, 3.8) is 0 Å². The Hall–Kier alpha value is -1.88. The number of rotatable bonds is 8. The number of hydrogen-bond acceptors (Lipinski definition) is 3. The van der Waals surface area contributed by atoms with Crippen molar-refractivity contribution in [2.24, 2.45) is 11.1 Å². The van der Waals surface area contributed by atoms with Crippen LogP contribution in [0.15, 0.2) is 24.3 Å². The van der Waals surface area contributed by atoms with Crippen LogP contribution in [0.2, 0.25) is 0 Å². The summed E-state index contributed by atoms with van der Waals surface area (Å²) in [6, 6.07) is 7.54. The predicted octanol–water partition coefficient (Wildman–Crippen LogP) is 4.93. The molecular weight excluding hydrogens is 388 g/mol. The maximum absolute atomic E-state index is 13.0. The smallest absolute Gasteiger partial charge is 0.326 e. The topological polar surface area (TPSA) is 92.4 Å². The van der Waals surface area contributed by atoms with Gasteiger partial charge in [0.05, 0.1) is 5.41 Å². The van der Waals surface area contributed by atoms with Gasteiger partial charge in [-0.2, -0.15) is 0 Å². The molecule has 5 nitrogen and oxygen atoms in total. The lowest BCUT2D eigenvalue weighted by Crippen LogP contribution is -2.49. The highest BCUT2D eigenvalue weighted by atomic mass is 16.4. The second kappa shape index (κ2) is 11.7. The van der Waals surface area contributed by atoms with E-state index in [-0.39, 0.29) is 5.91 Å². The van der Waals surface area contributed by atoms with Crippen LogP contribution < -0.4 is 11.1 Å². The van der Waals surface area contributed by atoms with Crippen molar-refractivity contribution >= 4 is 11.9 Å². The molecule has 0 saturated heterocycles. The summed E-state index contributed by atoms with van der Waals surface area (Å²) in [5, 5.41) is 12.6. The molecule has 0 aliphatic heterocycles. The van der Waals surface area contributed by atoms with E-state index in [1.807, 2.05) is 0 Å². The molecule has 0 aromatic heterocycles. The first kappa shape index (κ1) is 23.8. The predicted molar refractivity (Wildman–Crippen MR) is 124 cm³/mol. The van der Waals surface area contributed by atoms with Gasteiger partial charge in [0, 0.05) is 6.42 Å². The number of amides is 1. The summed E-state index contributed by atoms with van der Waals surface area (Å²) in [7, 11) is 0. The fraction of sp³-hybridized carbons (Fsp3) is 0.692. The summed E-state index contributed by atoms with van der Waals surface area (Å²) in [5.74, 6) is -0.500. The second-order valence-corrected chi connectivity index (χ2v) is 9.73. The first-order chi connectivity index (χ1) is 15.0. The van der Waals surface area contributed by atoms with Gasteiger partial charge in [-0.05, 0) is 55.7 Å². The number of hydrogen-bond donors (Lipinski definition) is 3. The van der Waals surface area contributed by atoms with Gasteiger partial charge < -0.3 is 16.2 Å². The summed E-state index contributed by atoms with van der Waals surface area (Å²) in [4.78, 5) is 24.9. The van der Waals surface area contributed by atoms with E-state index in [9.17, 15) is 14.7 Å². The Bertz CT molecular complexity index is 700. The highest BCUT2D eigenvalue weighted by molar-refractivity contribution is 5.87. The number of carbonyl (C=O) groups is 2. The molecule has 2 aliphatic rings. The maximum Gasteiger partial charge on any atom is 0.326 e. The first-order valence-electron chi connectivity index (χ1n) is 12.4. The normalized spacial score (nSPS) is 20.9. The molecule has 172 valence electrons. The van der Waals surface area contributed by atoms with Gasteiger partial charge in [-0.1, -0.05) is 75.6 Å². The molecule has 2 aliphatic carbocycles. The number of nitrogens with one attached hydrogen (secondary N) is 1. The molecule has 1 unspecified atom stereocenters. The summed E-state index contributed by atoms with van der Waals surface area (Å²) >= 11 is 0. The lowest BCUT2D eigenvalue weighted by Gasteiger charge is -2.29. The Morgan fingerprint density at radius 2 is 1.55 bits per heavy atom. The van der Waals surface area contributed by atoms with E-state index < -0.39 is 17.4 Å². The zero-order chi connectivity index (χ0) is 22.1. The van der Waals surface area contributed by atoms with Crippen molar-refractivity contribution in [2.75, 3.05) is 6.54 Å². The van der Waals surface area contributed by atoms with Gasteiger partial charge in [-0.25, -0.2) is 4.79 Å². The molecule has 3 rings (SSSR count). The van der Waals surface area contributed by atoms with Gasteiger partial charge in [0.25, 0.3) is 0 Å². The lowest BCUT2D eigenvalue weighted by molar-refractivity contribution is -0.144. The monoisotopic (exact) mass is 428 g/mol. The molecule has 0 bridgehead atoms. The zero-order valence-electron chi connectivity index (χ0n) is 18.9. The van der Waals surface area contributed by atoms with Gasteiger partial charge in [0.1, 0.15) is 6.04 Å². The van der Waals surface area contributed by atoms with Crippen LogP contribution in [-0.2, 0) is 16.0 Å². The van der Waals surface area contributed by atoms with E-state index in [1.54, 1.807) is 0 Å². The van der Waals surface area contributed by atoms with Crippen molar-refractivity contribution in [2.45, 2.75) is 102 Å². The zero-order valence-corrected chi connectivity index (χ0v) is 18.9. The van der Waals surface area contributed by atoms with Crippen molar-refractivity contribution < 1.29 is 14.7 Å². The third-order valence-electron chi connectivity index (χ3n) is 7.51. The first-order valence-corrected chi connectivity index (χ1v) is 12.4. The third kappa shape index (κ3) is 6.55. The highest BCUT2D eigenvalue weighted by Crippen LogP contribution is 2.41. The third-order valence-corrected chi connectivity index (χ3v) is 7.51. The van der Waals surface area contributed by atoms with Gasteiger partial charge in [0.2, 0.25) is 5.91 Å². The Balaban J connectivity index is 1.63. The molecular formula is C26H40N2O3. The standard InChI is InChI=1S/C26H40N2O3/c27-18-17-26(15-7-8-16-26)25(31)28-23(24(29)30)19-20-11-13-22(14-12-20)21-9-5-3-1-2-4-6-10-21/h11-14,21,23H,1-10,15-19,27H2,(H,28,31)(H,29,30). The van der Waals surface area contributed by atoms with Gasteiger partial charge >= 0.3 is 5.97 Å². The van der Waals surface area contributed by atoms with E-state index in [4.69, 9.17) is 5.73 Å². The average Bonchev–Trinajstić information content (AvgIpc) is 3.28. The number of carbonyl (C=O) groups excluding carboxylic acids is 1. The Labute approximate surface area is 187 Å². The number of benzene rings is 1. The summed E-state index contributed by atoms with van der Waals surface area (Å²) in [6.07, 6.45) is 15.0. The quantitative estimate of drug-likeness (QED) is 0.548. The van der Waals surface area contributed by atoms with Gasteiger partial charge in [-0.3, -0.25) is 4.79 Å². The van der Waals surface area contributed by atoms with Crippen LogP contribution in [0.1, 0.15) is 101 Å². The van der Waals surface area contributed by atoms with Crippen molar-refractivity contribution in [1.82, 2.24) is 5.32 Å². The van der Waals surface area contributed by atoms with Crippen LogP contribution >= 0.6 is 0 Å². The number of carboxylic acids is 1. The van der Waals surface area contributed by atoms with Gasteiger partial charge in [0.15, 0.2) is 0 Å². The fourth-order valence-corrected chi connectivity index (χ4v) is 5.56. The van der Waals surface area contributed by atoms with Crippen molar-refractivity contribution in [3.05, 3.63) is 35.4 Å². The molecule has 4 N–H and O–H groups in total. The molecule has 5 heteroatoms. The van der Waals surface area contributed by atoms with E-state index in [2.05, 4.69) is 29.6 Å². The Kier molecular flexibility index (Phi) is 8.94. The fourth-order valence-electron chi connectivity index (χ4n) is 5.56. The molecule has 2 saturated carbocycles. The molecule has 1 aromatic carbocycles. The van der Waals surface area contributed by atoms with Crippen LogP contribution in [0.25, 0.3) is 0 Å². The van der Waals surface area contributed by atoms with Crippen LogP contribution in [0.3, 0.4) is 0 Å². The van der Waals surface area contributed by atoms with Crippen LogP contribution in [0.5, 0.6) is 0 Å². The molecule has 0 heterocycles. The minimum absolute atomic E-state index is 0.134. The minimum atomic E-state index is -0.977. The molecule has 0 radical (unpaired) electrons. The van der Waals surface area contributed by atoms with E-state index in [0.29, 0.717) is 25.3 Å². The summed E-state index contributed by atoms with van der Waals surface area (Å²) in [5.41, 5.74) is 7.60. The minimum Gasteiger partial charge on any atom is -0.480 e. The van der Waals surface area contributed by atoms with E-state index in [1.165, 1.54) is 56.9 Å². The average molecular weight is 429 g/mol. The summed E-state index contributed by atoms with van der Waals surface area (Å²) < 4.78 is 0. The van der Waals surface area contributed by atoms with Gasteiger partial charge in [-0.15, -0.1) is 0 Å². The molecule has 1 aromatic rings. The number of carboxylic acid groups (broad SMARTS) is 1. The molecule has 1 amide bonds. The second-order valence-electron chi connectivity index (χ2n) is 9.73. The van der Waals surface area contributed by atoms with Crippen molar-refractivity contribution in [3.8, 4) is 0 Å². The Morgan fingerprint density at radius 3 is 2.10 bits per heavy atom. The lowest BCUT2D eigenvalue weighted by atomic mass is 9.81. The number of aliphatic carboxylic acids is 1. The molecule has 1 atom stereocenters. The largest absolute Gasteiger partial charge is 0.480 e. The molecule has 31 heavy (non-hydrogen) atoms. The van der Waals surface area contributed by atoms with E-state index in [0.717, 1.165) is 31.2 Å². The molecule has 2 fully saturated rings. The molecule has 0 spiro atoms. The highest BCUT2D eigenvalue weighted by Gasteiger charge is 2.41. The summed E-state index contributed by atoms with van der Waals surface area (Å²) in [6.45, 7) is 0.452. The van der Waals surface area contributed by atoms with Crippen LogP contribution in [0, 0.1) is 5.41 Å². The SMILES string of the molecule is NCCC1(C(=O)NC(Cc2ccc(C3CCCCCCCC3)cc2)C(=O)O)CCCC1. The van der Waals surface area contributed by atoms with Crippen LogP contribution in [0.4, 0.5) is 0 Å².